The third-order valence-electron chi connectivity index (χ3n) is 2.16. The molecule has 0 aliphatic carbocycles. The minimum absolute atomic E-state index is 0.199. The first-order valence-electron chi connectivity index (χ1n) is 5.24. The summed E-state index contributed by atoms with van der Waals surface area (Å²) in [6, 6.07) is 4.97. The zero-order valence-corrected chi connectivity index (χ0v) is 9.51. The topological polar surface area (TPSA) is 21.3 Å². The molecule has 15 heavy (non-hydrogen) atoms. The van der Waals surface area contributed by atoms with Crippen molar-refractivity contribution in [1.82, 2.24) is 0 Å². The fourth-order valence-electron chi connectivity index (χ4n) is 1.39. The number of nitrogens with one attached hydrogen (secondary N) is 1. The zero-order valence-electron chi connectivity index (χ0n) is 9.51. The molecule has 0 aliphatic heterocycles. The van der Waals surface area contributed by atoms with Gasteiger partial charge in [-0.1, -0.05) is 0 Å². The van der Waals surface area contributed by atoms with Crippen molar-refractivity contribution in [3.63, 3.8) is 0 Å². The van der Waals surface area contributed by atoms with Gasteiger partial charge in [-0.25, -0.2) is 4.39 Å². The number of rotatable bonds is 5. The summed E-state index contributed by atoms with van der Waals surface area (Å²) in [5.74, 6) is -0.199. The molecule has 1 unspecified atom stereocenters. The van der Waals surface area contributed by atoms with E-state index < -0.39 is 0 Å². The molecule has 1 atom stereocenters. The van der Waals surface area contributed by atoms with Crippen LogP contribution in [0.3, 0.4) is 0 Å². The van der Waals surface area contributed by atoms with Crippen molar-refractivity contribution in [3.8, 4) is 0 Å². The molecule has 0 fully saturated rings. The maximum atomic E-state index is 12.8. The number of halogens is 1. The van der Waals surface area contributed by atoms with Crippen LogP contribution in [0.15, 0.2) is 18.2 Å². The highest BCUT2D eigenvalue weighted by atomic mass is 19.1. The number of benzene rings is 1. The molecule has 0 saturated heterocycles. The maximum absolute atomic E-state index is 12.8. The minimum atomic E-state index is -0.199. The van der Waals surface area contributed by atoms with E-state index in [9.17, 15) is 4.39 Å². The lowest BCUT2D eigenvalue weighted by atomic mass is 10.2. The first-order valence-corrected chi connectivity index (χ1v) is 5.24. The Morgan fingerprint density at radius 2 is 2.20 bits per heavy atom. The van der Waals surface area contributed by atoms with Gasteiger partial charge in [-0.15, -0.1) is 0 Å². The third kappa shape index (κ3) is 3.88. The largest absolute Gasteiger partial charge is 0.380 e. The predicted molar refractivity (Wildman–Crippen MR) is 60.7 cm³/mol. The Hall–Kier alpha value is -1.09. The van der Waals surface area contributed by atoms with Gasteiger partial charge in [0.15, 0.2) is 0 Å². The molecule has 0 radical (unpaired) electrons. The summed E-state index contributed by atoms with van der Waals surface area (Å²) < 4.78 is 18.1. The summed E-state index contributed by atoms with van der Waals surface area (Å²) in [7, 11) is 0. The molecule has 3 heteroatoms. The number of aryl methyl sites for hydroxylation is 1. The van der Waals surface area contributed by atoms with Crippen LogP contribution >= 0.6 is 0 Å². The van der Waals surface area contributed by atoms with Crippen molar-refractivity contribution in [2.75, 3.05) is 18.5 Å². The Balaban J connectivity index is 2.56. The van der Waals surface area contributed by atoms with Crippen molar-refractivity contribution >= 4 is 5.69 Å². The molecule has 0 heterocycles. The van der Waals surface area contributed by atoms with E-state index in [-0.39, 0.29) is 11.9 Å². The molecule has 1 rings (SSSR count). The van der Waals surface area contributed by atoms with Crippen LogP contribution in [0.2, 0.25) is 0 Å². The molecular weight excluding hydrogens is 193 g/mol. The van der Waals surface area contributed by atoms with E-state index in [0.717, 1.165) is 11.3 Å². The monoisotopic (exact) mass is 211 g/mol. The second kappa shape index (κ2) is 5.71. The van der Waals surface area contributed by atoms with Crippen LogP contribution in [0.1, 0.15) is 19.4 Å². The van der Waals surface area contributed by atoms with Crippen LogP contribution < -0.4 is 5.32 Å². The zero-order chi connectivity index (χ0) is 11.3. The van der Waals surface area contributed by atoms with E-state index in [4.69, 9.17) is 4.74 Å². The smallest absolute Gasteiger partial charge is 0.123 e. The van der Waals surface area contributed by atoms with E-state index in [1.54, 1.807) is 6.07 Å². The summed E-state index contributed by atoms with van der Waals surface area (Å²) in [4.78, 5) is 0. The standard InChI is InChI=1S/C12H18FNO/c1-4-15-8-10(3)14-12-6-5-11(13)7-9(12)2/h5-7,10,14H,4,8H2,1-3H3. The molecule has 1 N–H and O–H groups in total. The summed E-state index contributed by atoms with van der Waals surface area (Å²) in [6.07, 6.45) is 0. The van der Waals surface area contributed by atoms with Crippen LogP contribution in [0, 0.1) is 12.7 Å². The van der Waals surface area contributed by atoms with Crippen molar-refractivity contribution in [3.05, 3.63) is 29.6 Å². The van der Waals surface area contributed by atoms with E-state index in [1.165, 1.54) is 12.1 Å². The first kappa shape index (κ1) is 12.0. The average molecular weight is 211 g/mol. The average Bonchev–Trinajstić information content (AvgIpc) is 2.19. The summed E-state index contributed by atoms with van der Waals surface area (Å²) in [5, 5.41) is 3.28. The summed E-state index contributed by atoms with van der Waals surface area (Å²) in [5.41, 5.74) is 1.88. The van der Waals surface area contributed by atoms with Gasteiger partial charge >= 0.3 is 0 Å². The highest BCUT2D eigenvalue weighted by Crippen LogP contribution is 2.16. The number of hydrogen-bond donors (Lipinski definition) is 1. The molecule has 0 saturated carbocycles. The van der Waals surface area contributed by atoms with Crippen LogP contribution in [-0.4, -0.2) is 19.3 Å². The number of ether oxygens (including phenoxy) is 1. The van der Waals surface area contributed by atoms with Gasteiger partial charge in [0.1, 0.15) is 5.82 Å². The quantitative estimate of drug-likeness (QED) is 0.808. The Kier molecular flexibility index (Phi) is 4.56. The molecule has 0 bridgehead atoms. The van der Waals surface area contributed by atoms with Gasteiger partial charge in [0, 0.05) is 18.3 Å². The highest BCUT2D eigenvalue weighted by molar-refractivity contribution is 5.51. The first-order chi connectivity index (χ1) is 7.13. The Labute approximate surface area is 90.4 Å². The highest BCUT2D eigenvalue weighted by Gasteiger charge is 2.04. The number of hydrogen-bond acceptors (Lipinski definition) is 2. The van der Waals surface area contributed by atoms with Crippen LogP contribution in [-0.2, 0) is 4.74 Å². The van der Waals surface area contributed by atoms with Gasteiger partial charge in [-0.2, -0.15) is 0 Å². The van der Waals surface area contributed by atoms with Gasteiger partial charge in [0.2, 0.25) is 0 Å². The molecule has 0 aliphatic rings. The SMILES string of the molecule is CCOCC(C)Nc1ccc(F)cc1C. The molecule has 1 aromatic carbocycles. The second-order valence-corrected chi connectivity index (χ2v) is 3.66. The van der Waals surface area contributed by atoms with E-state index in [1.807, 2.05) is 20.8 Å². The fraction of sp³-hybridized carbons (Fsp3) is 0.500. The predicted octanol–water partition coefficient (Wildman–Crippen LogP) is 2.97. The van der Waals surface area contributed by atoms with Crippen molar-refractivity contribution in [2.45, 2.75) is 26.8 Å². The Morgan fingerprint density at radius 1 is 1.47 bits per heavy atom. The van der Waals surface area contributed by atoms with Crippen LogP contribution in [0.4, 0.5) is 10.1 Å². The van der Waals surface area contributed by atoms with Crippen LogP contribution in [0.5, 0.6) is 0 Å². The normalized spacial score (nSPS) is 12.5. The van der Waals surface area contributed by atoms with Gasteiger partial charge in [0.25, 0.3) is 0 Å². The van der Waals surface area contributed by atoms with Gasteiger partial charge in [0.05, 0.1) is 6.61 Å². The molecule has 2 nitrogen and oxygen atoms in total. The van der Waals surface area contributed by atoms with Crippen molar-refractivity contribution in [1.29, 1.82) is 0 Å². The lowest BCUT2D eigenvalue weighted by molar-refractivity contribution is 0.141. The fourth-order valence-corrected chi connectivity index (χ4v) is 1.39. The van der Waals surface area contributed by atoms with Gasteiger partial charge in [-0.3, -0.25) is 0 Å². The maximum Gasteiger partial charge on any atom is 0.123 e. The van der Waals surface area contributed by atoms with Crippen LogP contribution in [0.25, 0.3) is 0 Å². The van der Waals surface area contributed by atoms with Gasteiger partial charge < -0.3 is 10.1 Å². The molecule has 84 valence electrons. The third-order valence-corrected chi connectivity index (χ3v) is 2.16. The Bertz CT molecular complexity index is 314. The molecule has 0 aromatic heterocycles. The minimum Gasteiger partial charge on any atom is -0.380 e. The van der Waals surface area contributed by atoms with E-state index in [0.29, 0.717) is 13.2 Å². The molecule has 0 amide bonds. The molecule has 1 aromatic rings. The van der Waals surface area contributed by atoms with Gasteiger partial charge in [-0.05, 0) is 44.5 Å². The Morgan fingerprint density at radius 3 is 2.80 bits per heavy atom. The lowest BCUT2D eigenvalue weighted by Gasteiger charge is -2.16. The van der Waals surface area contributed by atoms with E-state index in [2.05, 4.69) is 5.32 Å². The van der Waals surface area contributed by atoms with Crippen molar-refractivity contribution in [2.24, 2.45) is 0 Å². The van der Waals surface area contributed by atoms with Crippen molar-refractivity contribution < 1.29 is 9.13 Å². The lowest BCUT2D eigenvalue weighted by Crippen LogP contribution is -2.22. The van der Waals surface area contributed by atoms with E-state index >= 15 is 0 Å². The summed E-state index contributed by atoms with van der Waals surface area (Å²) >= 11 is 0. The summed E-state index contributed by atoms with van der Waals surface area (Å²) in [6.45, 7) is 7.27. The second-order valence-electron chi connectivity index (χ2n) is 3.66. The number of anilines is 1. The molecule has 0 spiro atoms. The molecular formula is C12H18FNO.